The Morgan fingerprint density at radius 3 is 2.34 bits per heavy atom. The summed E-state index contributed by atoms with van der Waals surface area (Å²) in [5.74, 6) is -0.748. The molecule has 1 atom stereocenters. The van der Waals surface area contributed by atoms with Crippen LogP contribution in [0.3, 0.4) is 0 Å². The summed E-state index contributed by atoms with van der Waals surface area (Å²) in [4.78, 5) is 27.5. The molecule has 3 rings (SSSR count). The molecule has 38 heavy (non-hydrogen) atoms. The van der Waals surface area contributed by atoms with E-state index in [-0.39, 0.29) is 29.9 Å². The number of aliphatic hydroxyl groups is 1. The van der Waals surface area contributed by atoms with Crippen LogP contribution in [0.5, 0.6) is 5.75 Å². The minimum atomic E-state index is -5.20. The van der Waals surface area contributed by atoms with Crippen molar-refractivity contribution in [2.75, 3.05) is 33.8 Å². The van der Waals surface area contributed by atoms with Gasteiger partial charge in [-0.2, -0.15) is 13.2 Å². The molecule has 1 saturated heterocycles. The van der Waals surface area contributed by atoms with Crippen molar-refractivity contribution in [2.45, 2.75) is 43.9 Å². The normalized spacial score (nSPS) is 16.2. The average molecular weight is 575 g/mol. The Bertz CT molecular complexity index is 1140. The number of hydrogen-bond donors (Lipinski definition) is 1. The number of halogens is 5. The molecule has 1 aliphatic heterocycles. The van der Waals surface area contributed by atoms with Crippen LogP contribution >= 0.6 is 23.2 Å². The zero-order chi connectivity index (χ0) is 28.1. The van der Waals surface area contributed by atoms with E-state index in [1.54, 1.807) is 32.3 Å². The third-order valence-corrected chi connectivity index (χ3v) is 7.26. The van der Waals surface area contributed by atoms with Crippen LogP contribution in [0.2, 0.25) is 10.0 Å². The Kier molecular flexibility index (Phi) is 9.95. The second-order valence-corrected chi connectivity index (χ2v) is 10.5. The number of alkyl halides is 3. The Hall–Kier alpha value is -2.49. The fraction of sp³-hybridized carbons (Fsp3) is 0.481. The van der Waals surface area contributed by atoms with Crippen molar-refractivity contribution >= 4 is 35.0 Å². The lowest BCUT2D eigenvalue weighted by molar-refractivity contribution is -0.262. The Morgan fingerprint density at radius 2 is 1.76 bits per heavy atom. The molecule has 0 radical (unpaired) electrons. The molecular formula is C27H31Cl2F3N2O4. The Labute approximate surface area is 230 Å². The van der Waals surface area contributed by atoms with Crippen molar-refractivity contribution in [1.29, 1.82) is 0 Å². The van der Waals surface area contributed by atoms with Crippen LogP contribution in [0.15, 0.2) is 42.5 Å². The quantitative estimate of drug-likeness (QED) is 0.377. The molecule has 1 heterocycles. The maximum Gasteiger partial charge on any atom is 0.430 e. The zero-order valence-corrected chi connectivity index (χ0v) is 22.7. The molecule has 0 saturated carbocycles. The Balaban J connectivity index is 1.46. The molecule has 2 aromatic carbocycles. The number of amides is 2. The van der Waals surface area contributed by atoms with Crippen molar-refractivity contribution in [2.24, 2.45) is 5.92 Å². The summed E-state index contributed by atoms with van der Waals surface area (Å²) in [7, 11) is 3.29. The number of hydrogen-bond acceptors (Lipinski definition) is 4. The minimum absolute atomic E-state index is 0.000188. The number of ether oxygens (including phenoxy) is 1. The largest absolute Gasteiger partial charge is 0.494 e. The first-order chi connectivity index (χ1) is 17.8. The summed E-state index contributed by atoms with van der Waals surface area (Å²) in [6.07, 6.45) is -1.64. The topological polar surface area (TPSA) is 70.1 Å². The van der Waals surface area contributed by atoms with Gasteiger partial charge in [0.1, 0.15) is 5.75 Å². The molecular weight excluding hydrogens is 544 g/mol. The van der Waals surface area contributed by atoms with Crippen LogP contribution in [0.25, 0.3) is 0 Å². The van der Waals surface area contributed by atoms with Crippen LogP contribution in [0.1, 0.15) is 48.0 Å². The van der Waals surface area contributed by atoms with Gasteiger partial charge in [-0.1, -0.05) is 41.8 Å². The monoisotopic (exact) mass is 574 g/mol. The molecule has 0 aromatic heterocycles. The van der Waals surface area contributed by atoms with E-state index in [2.05, 4.69) is 0 Å². The molecule has 11 heteroatoms. The van der Waals surface area contributed by atoms with Crippen LogP contribution in [-0.2, 0) is 10.4 Å². The van der Waals surface area contributed by atoms with E-state index in [0.717, 1.165) is 36.3 Å². The molecule has 2 aromatic rings. The van der Waals surface area contributed by atoms with Gasteiger partial charge in [-0.3, -0.25) is 9.59 Å². The summed E-state index contributed by atoms with van der Waals surface area (Å²) in [6, 6.07) is 9.60. The van der Waals surface area contributed by atoms with Gasteiger partial charge in [0.2, 0.25) is 0 Å². The van der Waals surface area contributed by atoms with Crippen molar-refractivity contribution in [3.8, 4) is 5.75 Å². The van der Waals surface area contributed by atoms with E-state index < -0.39 is 23.2 Å². The molecule has 0 unspecified atom stereocenters. The van der Waals surface area contributed by atoms with Gasteiger partial charge in [0.05, 0.1) is 17.2 Å². The fourth-order valence-corrected chi connectivity index (χ4v) is 4.94. The van der Waals surface area contributed by atoms with Crippen LogP contribution in [0.4, 0.5) is 13.2 Å². The summed E-state index contributed by atoms with van der Waals surface area (Å²) in [5, 5.41) is 10.9. The lowest BCUT2D eigenvalue weighted by Gasteiger charge is -2.38. The van der Waals surface area contributed by atoms with E-state index in [4.69, 9.17) is 27.9 Å². The maximum atomic E-state index is 13.9. The van der Waals surface area contributed by atoms with Gasteiger partial charge in [0.15, 0.2) is 0 Å². The minimum Gasteiger partial charge on any atom is -0.494 e. The molecule has 1 aliphatic rings. The lowest BCUT2D eigenvalue weighted by atomic mass is 9.88. The molecule has 0 aliphatic carbocycles. The highest BCUT2D eigenvalue weighted by molar-refractivity contribution is 6.34. The van der Waals surface area contributed by atoms with E-state index in [9.17, 15) is 27.9 Å². The first kappa shape index (κ1) is 30.1. The first-order valence-corrected chi connectivity index (χ1v) is 13.1. The summed E-state index contributed by atoms with van der Waals surface area (Å²) in [6.45, 7) is 0.720. The van der Waals surface area contributed by atoms with Gasteiger partial charge in [-0.25, -0.2) is 0 Å². The van der Waals surface area contributed by atoms with Crippen molar-refractivity contribution in [3.63, 3.8) is 0 Å². The van der Waals surface area contributed by atoms with Gasteiger partial charge >= 0.3 is 6.18 Å². The van der Waals surface area contributed by atoms with Crippen molar-refractivity contribution in [3.05, 3.63) is 63.6 Å². The van der Waals surface area contributed by atoms with Gasteiger partial charge < -0.3 is 19.6 Å². The molecule has 0 spiro atoms. The molecule has 208 valence electrons. The van der Waals surface area contributed by atoms with Crippen LogP contribution in [-0.4, -0.2) is 66.7 Å². The fourth-order valence-electron chi connectivity index (χ4n) is 4.50. The average Bonchev–Trinajstić information content (AvgIpc) is 2.87. The molecule has 2 amide bonds. The SMILES string of the molecule is CN(C)C(=O)c1ccc(OCCCCC2CCN(C(=O)[C@](O)(c3cccc(Cl)c3)C(F)(F)F)CC2)cc1Cl. The summed E-state index contributed by atoms with van der Waals surface area (Å²) in [5.41, 5.74) is -3.84. The van der Waals surface area contributed by atoms with E-state index in [1.807, 2.05) is 0 Å². The smallest absolute Gasteiger partial charge is 0.430 e. The number of rotatable bonds is 9. The molecule has 0 bridgehead atoms. The second kappa shape index (κ2) is 12.6. The predicted molar refractivity (Wildman–Crippen MR) is 140 cm³/mol. The number of piperidine rings is 1. The van der Waals surface area contributed by atoms with Crippen molar-refractivity contribution < 1.29 is 32.6 Å². The summed E-state index contributed by atoms with van der Waals surface area (Å²) >= 11 is 12.0. The standard InChI is InChI=1S/C27H31Cl2F3N2O4/c1-33(2)24(35)22-10-9-21(17-23(22)29)38-15-4-3-6-18-11-13-34(14-12-18)25(36)26(37,27(30,31)32)19-7-5-8-20(28)16-19/h5,7-10,16-18,37H,3-4,6,11-15H2,1-2H3/t26-/m1/s1. The third kappa shape index (κ3) is 6.93. The van der Waals surface area contributed by atoms with Gasteiger partial charge in [0, 0.05) is 37.8 Å². The highest BCUT2D eigenvalue weighted by Crippen LogP contribution is 2.42. The lowest BCUT2D eigenvalue weighted by Crippen LogP contribution is -2.57. The second-order valence-electron chi connectivity index (χ2n) is 9.64. The van der Waals surface area contributed by atoms with Crippen LogP contribution in [0, 0.1) is 5.92 Å². The predicted octanol–water partition coefficient (Wildman–Crippen LogP) is 5.93. The van der Waals surface area contributed by atoms with Gasteiger partial charge in [-0.15, -0.1) is 0 Å². The number of carbonyl (C=O) groups is 2. The van der Waals surface area contributed by atoms with Crippen LogP contribution < -0.4 is 4.74 Å². The van der Waals surface area contributed by atoms with Crippen molar-refractivity contribution in [1.82, 2.24) is 9.80 Å². The highest BCUT2D eigenvalue weighted by Gasteiger charge is 2.62. The molecule has 6 nitrogen and oxygen atoms in total. The number of nitrogens with zero attached hydrogens (tertiary/aromatic N) is 2. The van der Waals surface area contributed by atoms with Gasteiger partial charge in [-0.05, 0) is 61.9 Å². The number of likely N-dealkylation sites (tertiary alicyclic amines) is 1. The van der Waals surface area contributed by atoms with E-state index in [0.29, 0.717) is 35.8 Å². The Morgan fingerprint density at radius 1 is 1.08 bits per heavy atom. The summed E-state index contributed by atoms with van der Waals surface area (Å²) < 4.78 is 47.4. The third-order valence-electron chi connectivity index (χ3n) is 6.72. The first-order valence-electron chi connectivity index (χ1n) is 12.3. The molecule has 1 N–H and O–H groups in total. The maximum absolute atomic E-state index is 13.9. The zero-order valence-electron chi connectivity index (χ0n) is 21.2. The highest BCUT2D eigenvalue weighted by atomic mass is 35.5. The number of benzene rings is 2. The van der Waals surface area contributed by atoms with Gasteiger partial charge in [0.25, 0.3) is 17.4 Å². The number of carbonyl (C=O) groups excluding carboxylic acids is 2. The van der Waals surface area contributed by atoms with E-state index >= 15 is 0 Å². The van der Waals surface area contributed by atoms with E-state index in [1.165, 1.54) is 17.0 Å². The molecule has 1 fully saturated rings. The number of unbranched alkanes of at least 4 members (excludes halogenated alkanes) is 1.